The highest BCUT2D eigenvalue weighted by Crippen LogP contribution is 2.33. The molecule has 1 aliphatic heterocycles. The van der Waals surface area contributed by atoms with E-state index in [2.05, 4.69) is 0 Å². The molecule has 0 saturated carbocycles. The minimum Gasteiger partial charge on any atom is -0.488 e. The molecule has 1 fully saturated rings. The number of likely N-dealkylation sites (N-methyl/N-ethyl adjacent to an activating group) is 1. The van der Waals surface area contributed by atoms with E-state index >= 15 is 0 Å². The van der Waals surface area contributed by atoms with Crippen molar-refractivity contribution in [1.82, 2.24) is 4.90 Å². The Labute approximate surface area is 160 Å². The molecule has 1 heterocycles. The molecule has 2 aromatic carbocycles. The van der Waals surface area contributed by atoms with Gasteiger partial charge in [0.1, 0.15) is 12.4 Å². The second kappa shape index (κ2) is 8.09. The number of para-hydroxylation sites is 1. The molecule has 3 rings (SSSR count). The minimum atomic E-state index is -0.978. The number of hydrogen-bond acceptors (Lipinski definition) is 5. The number of ether oxygens (including phenoxy) is 1. The fourth-order valence-corrected chi connectivity index (χ4v) is 3.44. The standard InChI is InChI=1S/C20H17NO5S/c1-2-21-18(22)17(27-20(21)25)11-15-5-3-4-6-16(15)26-12-13-7-9-14(10-8-13)19(23)24/h3-11H,2,12H2,1H3,(H,23,24). The SMILES string of the molecule is CCN1C(=O)SC(=Cc2ccccc2OCc2ccc(C(=O)O)cc2)C1=O. The summed E-state index contributed by atoms with van der Waals surface area (Å²) in [5.41, 5.74) is 1.73. The third kappa shape index (κ3) is 4.20. The second-order valence-corrected chi connectivity index (χ2v) is 6.75. The van der Waals surface area contributed by atoms with E-state index in [1.54, 1.807) is 31.2 Å². The molecule has 1 aliphatic rings. The Balaban J connectivity index is 1.76. The Morgan fingerprint density at radius 3 is 2.48 bits per heavy atom. The average molecular weight is 383 g/mol. The Kier molecular flexibility index (Phi) is 5.61. The van der Waals surface area contributed by atoms with Gasteiger partial charge in [-0.3, -0.25) is 14.5 Å². The van der Waals surface area contributed by atoms with Crippen LogP contribution >= 0.6 is 11.8 Å². The number of rotatable bonds is 6. The summed E-state index contributed by atoms with van der Waals surface area (Å²) < 4.78 is 5.84. The summed E-state index contributed by atoms with van der Waals surface area (Å²) in [6, 6.07) is 13.7. The highest BCUT2D eigenvalue weighted by Gasteiger charge is 2.33. The van der Waals surface area contributed by atoms with Gasteiger partial charge in [0.05, 0.1) is 10.5 Å². The molecule has 1 N–H and O–H groups in total. The molecular weight excluding hydrogens is 366 g/mol. The molecule has 0 aliphatic carbocycles. The van der Waals surface area contributed by atoms with Crippen LogP contribution in [0.5, 0.6) is 5.75 Å². The molecule has 0 unspecified atom stereocenters. The molecule has 2 aromatic rings. The van der Waals surface area contributed by atoms with Crippen molar-refractivity contribution in [2.45, 2.75) is 13.5 Å². The summed E-state index contributed by atoms with van der Waals surface area (Å²) in [7, 11) is 0. The lowest BCUT2D eigenvalue weighted by Gasteiger charge is -2.10. The Hall–Kier alpha value is -3.06. The maximum Gasteiger partial charge on any atom is 0.335 e. The molecule has 0 bridgehead atoms. The third-order valence-corrected chi connectivity index (χ3v) is 4.90. The van der Waals surface area contributed by atoms with Crippen LogP contribution in [0.2, 0.25) is 0 Å². The van der Waals surface area contributed by atoms with Crippen LogP contribution in [0.4, 0.5) is 4.79 Å². The molecule has 138 valence electrons. The van der Waals surface area contributed by atoms with Gasteiger partial charge in [0, 0.05) is 12.1 Å². The van der Waals surface area contributed by atoms with E-state index < -0.39 is 5.97 Å². The van der Waals surface area contributed by atoms with E-state index in [9.17, 15) is 14.4 Å². The predicted molar refractivity (Wildman–Crippen MR) is 103 cm³/mol. The van der Waals surface area contributed by atoms with Crippen molar-refractivity contribution < 1.29 is 24.2 Å². The van der Waals surface area contributed by atoms with Crippen LogP contribution < -0.4 is 4.74 Å². The topological polar surface area (TPSA) is 83.9 Å². The molecule has 27 heavy (non-hydrogen) atoms. The molecule has 0 aromatic heterocycles. The van der Waals surface area contributed by atoms with E-state index in [-0.39, 0.29) is 23.3 Å². The minimum absolute atomic E-state index is 0.214. The Morgan fingerprint density at radius 1 is 1.15 bits per heavy atom. The highest BCUT2D eigenvalue weighted by atomic mass is 32.2. The average Bonchev–Trinajstić information content (AvgIpc) is 2.94. The maximum absolute atomic E-state index is 12.3. The molecule has 2 amide bonds. The smallest absolute Gasteiger partial charge is 0.335 e. The van der Waals surface area contributed by atoms with Crippen LogP contribution in [0.15, 0.2) is 53.4 Å². The van der Waals surface area contributed by atoms with Gasteiger partial charge in [0.25, 0.3) is 11.1 Å². The van der Waals surface area contributed by atoms with Crippen molar-refractivity contribution in [3.05, 3.63) is 70.1 Å². The Bertz CT molecular complexity index is 920. The third-order valence-electron chi connectivity index (χ3n) is 3.99. The van der Waals surface area contributed by atoms with Crippen molar-refractivity contribution in [3.8, 4) is 5.75 Å². The molecule has 6 nitrogen and oxygen atoms in total. The first kappa shape index (κ1) is 18.7. The summed E-state index contributed by atoms with van der Waals surface area (Å²) in [6.45, 7) is 2.35. The lowest BCUT2D eigenvalue weighted by atomic mass is 10.1. The summed E-state index contributed by atoms with van der Waals surface area (Å²) in [6.07, 6.45) is 1.66. The van der Waals surface area contributed by atoms with E-state index in [0.717, 1.165) is 17.3 Å². The molecule has 7 heteroatoms. The van der Waals surface area contributed by atoms with Crippen LogP contribution in [0.3, 0.4) is 0 Å². The number of carboxylic acids is 1. The molecule has 0 radical (unpaired) electrons. The number of carbonyl (C=O) groups is 3. The van der Waals surface area contributed by atoms with Crippen molar-refractivity contribution in [2.75, 3.05) is 6.54 Å². The largest absolute Gasteiger partial charge is 0.488 e. The van der Waals surface area contributed by atoms with Gasteiger partial charge in [-0.2, -0.15) is 0 Å². The normalized spacial score (nSPS) is 15.4. The van der Waals surface area contributed by atoms with Gasteiger partial charge in [-0.15, -0.1) is 0 Å². The van der Waals surface area contributed by atoms with Gasteiger partial charge in [-0.1, -0.05) is 30.3 Å². The summed E-state index contributed by atoms with van der Waals surface area (Å²) in [4.78, 5) is 36.6. The van der Waals surface area contributed by atoms with Gasteiger partial charge in [-0.05, 0) is 48.5 Å². The number of thioether (sulfide) groups is 1. The van der Waals surface area contributed by atoms with Crippen molar-refractivity contribution in [3.63, 3.8) is 0 Å². The van der Waals surface area contributed by atoms with Gasteiger partial charge in [0.15, 0.2) is 0 Å². The number of carboxylic acid groups (broad SMARTS) is 1. The van der Waals surface area contributed by atoms with Crippen molar-refractivity contribution >= 4 is 35.0 Å². The van der Waals surface area contributed by atoms with Crippen LogP contribution in [0.1, 0.15) is 28.4 Å². The number of nitrogens with zero attached hydrogens (tertiary/aromatic N) is 1. The van der Waals surface area contributed by atoms with Crippen LogP contribution in [0, 0.1) is 0 Å². The van der Waals surface area contributed by atoms with E-state index in [0.29, 0.717) is 22.8 Å². The van der Waals surface area contributed by atoms with Gasteiger partial charge < -0.3 is 9.84 Å². The molecule has 0 spiro atoms. The van der Waals surface area contributed by atoms with Crippen LogP contribution in [0.25, 0.3) is 6.08 Å². The van der Waals surface area contributed by atoms with Gasteiger partial charge in [0.2, 0.25) is 0 Å². The van der Waals surface area contributed by atoms with E-state index in [1.165, 1.54) is 17.0 Å². The first-order valence-corrected chi connectivity index (χ1v) is 9.10. The lowest BCUT2D eigenvalue weighted by molar-refractivity contribution is -0.122. The fourth-order valence-electron chi connectivity index (χ4n) is 2.55. The maximum atomic E-state index is 12.3. The van der Waals surface area contributed by atoms with E-state index in [4.69, 9.17) is 9.84 Å². The Morgan fingerprint density at radius 2 is 1.85 bits per heavy atom. The van der Waals surface area contributed by atoms with Gasteiger partial charge >= 0.3 is 5.97 Å². The number of aromatic carboxylic acids is 1. The number of carbonyl (C=O) groups excluding carboxylic acids is 2. The molecule has 0 atom stereocenters. The lowest BCUT2D eigenvalue weighted by Crippen LogP contribution is -2.27. The zero-order chi connectivity index (χ0) is 19.4. The zero-order valence-electron chi connectivity index (χ0n) is 14.5. The number of hydrogen-bond donors (Lipinski definition) is 1. The van der Waals surface area contributed by atoms with Gasteiger partial charge in [-0.25, -0.2) is 4.79 Å². The van der Waals surface area contributed by atoms with Crippen LogP contribution in [-0.4, -0.2) is 33.7 Å². The summed E-state index contributed by atoms with van der Waals surface area (Å²) >= 11 is 0.916. The quantitative estimate of drug-likeness (QED) is 0.759. The molecular formula is C20H17NO5S. The highest BCUT2D eigenvalue weighted by molar-refractivity contribution is 8.18. The monoisotopic (exact) mass is 383 g/mol. The summed E-state index contributed by atoms with van der Waals surface area (Å²) in [5.74, 6) is -0.705. The molecule has 1 saturated heterocycles. The van der Waals surface area contributed by atoms with E-state index in [1.807, 2.05) is 18.2 Å². The number of benzene rings is 2. The fraction of sp³-hybridized carbons (Fsp3) is 0.150. The van der Waals surface area contributed by atoms with Crippen molar-refractivity contribution in [1.29, 1.82) is 0 Å². The van der Waals surface area contributed by atoms with Crippen molar-refractivity contribution in [2.24, 2.45) is 0 Å². The first-order chi connectivity index (χ1) is 13.0. The summed E-state index contributed by atoms with van der Waals surface area (Å²) in [5, 5.41) is 8.67. The second-order valence-electron chi connectivity index (χ2n) is 5.75. The van der Waals surface area contributed by atoms with Crippen LogP contribution in [-0.2, 0) is 11.4 Å². The zero-order valence-corrected chi connectivity index (χ0v) is 15.4. The number of imide groups is 1. The predicted octanol–water partition coefficient (Wildman–Crippen LogP) is 4.02. The first-order valence-electron chi connectivity index (χ1n) is 8.29. The number of amides is 2.